The molecule has 0 amide bonds. The van der Waals surface area contributed by atoms with Crippen molar-refractivity contribution in [2.45, 2.75) is 12.1 Å². The zero-order valence-corrected chi connectivity index (χ0v) is 11.5. The minimum absolute atomic E-state index is 0.271. The number of quaternary nitrogens is 1. The Kier molecular flexibility index (Phi) is 6.41. The molecule has 0 bridgehead atoms. The number of hydrogen-bond acceptors (Lipinski definition) is 8. The fourth-order valence-electron chi connectivity index (χ4n) is 1.53. The van der Waals surface area contributed by atoms with Gasteiger partial charge in [0.2, 0.25) is 6.10 Å². The predicted molar refractivity (Wildman–Crippen MR) is 70.6 cm³/mol. The third-order valence-corrected chi connectivity index (χ3v) is 2.61. The van der Waals surface area contributed by atoms with Crippen molar-refractivity contribution >= 4 is 23.8 Å². The Morgan fingerprint density at radius 3 is 2.35 bits per heavy atom. The maximum atomic E-state index is 11.4. The number of nitrogens with two attached hydrogens (primary N) is 1. The van der Waals surface area contributed by atoms with Crippen LogP contribution in [0.3, 0.4) is 0 Å². The summed E-state index contributed by atoms with van der Waals surface area (Å²) in [4.78, 5) is 33.1. The zero-order valence-electron chi connectivity index (χ0n) is 11.5. The van der Waals surface area contributed by atoms with Gasteiger partial charge in [-0.1, -0.05) is 12.1 Å². The maximum Gasteiger partial charge on any atom is 0.509 e. The molecule has 1 aromatic rings. The first kappa shape index (κ1) is 18.3. The molecular formula is C12H14N2O9. The smallest absolute Gasteiger partial charge is 0.509 e. The van der Waals surface area contributed by atoms with E-state index in [0.29, 0.717) is 0 Å². The fraction of sp³-hybridized carbons (Fsp3) is 0.250. The Morgan fingerprint density at radius 1 is 1.22 bits per heavy atom. The molecule has 0 saturated heterocycles. The lowest BCUT2D eigenvalue weighted by Gasteiger charge is -2.19. The number of nitrogens with one attached hydrogen (secondary N) is 1. The van der Waals surface area contributed by atoms with E-state index in [0.717, 1.165) is 6.07 Å². The van der Waals surface area contributed by atoms with Crippen molar-refractivity contribution in [1.29, 1.82) is 0 Å². The highest BCUT2D eigenvalue weighted by molar-refractivity contribution is 5.79. The number of benzene rings is 1. The number of carboxylic acids is 2. The van der Waals surface area contributed by atoms with Crippen LogP contribution in [0.25, 0.3) is 0 Å². The summed E-state index contributed by atoms with van der Waals surface area (Å²) in [7, 11) is 0. The van der Waals surface area contributed by atoms with E-state index < -0.39 is 42.1 Å². The molecule has 0 fully saturated rings. The lowest BCUT2D eigenvalue weighted by molar-refractivity contribution is -0.991. The summed E-state index contributed by atoms with van der Waals surface area (Å²) in [5.41, 5.74) is 4.47. The van der Waals surface area contributed by atoms with Gasteiger partial charge in [-0.3, -0.25) is 4.79 Å². The number of carbonyl (C=O) groups excluding carboxylic acids is 1. The highest BCUT2D eigenvalue weighted by atomic mass is 16.8. The largest absolute Gasteiger partial charge is 0.595 e. The Hall–Kier alpha value is -2.73. The van der Waals surface area contributed by atoms with E-state index in [1.54, 1.807) is 0 Å². The molecule has 1 rings (SSSR count). The van der Waals surface area contributed by atoms with Crippen LogP contribution in [-0.2, 0) is 19.1 Å². The Bertz CT molecular complexity index is 590. The van der Waals surface area contributed by atoms with Crippen LogP contribution in [-0.4, -0.2) is 46.2 Å². The van der Waals surface area contributed by atoms with E-state index in [1.165, 1.54) is 18.2 Å². The second kappa shape index (κ2) is 8.05. The lowest BCUT2D eigenvalue weighted by atomic mass is 10.1. The average molecular weight is 330 g/mol. The molecule has 0 saturated carbocycles. The monoisotopic (exact) mass is 330 g/mol. The van der Waals surface area contributed by atoms with Crippen molar-refractivity contribution in [1.82, 2.24) is 0 Å². The molecule has 0 aliphatic rings. The molecule has 6 N–H and O–H groups in total. The van der Waals surface area contributed by atoms with Crippen LogP contribution in [0.1, 0.15) is 11.7 Å². The minimum Gasteiger partial charge on any atom is -0.595 e. The molecule has 2 unspecified atom stereocenters. The van der Waals surface area contributed by atoms with Gasteiger partial charge in [0.25, 0.3) is 0 Å². The number of carboxylic acid groups (broad SMARTS) is 2. The third-order valence-electron chi connectivity index (χ3n) is 2.61. The van der Waals surface area contributed by atoms with Crippen molar-refractivity contribution < 1.29 is 44.5 Å². The topological polar surface area (TPSA) is 184 Å². The summed E-state index contributed by atoms with van der Waals surface area (Å²) in [5.74, 6) is -3.05. The van der Waals surface area contributed by atoms with E-state index in [4.69, 9.17) is 21.2 Å². The van der Waals surface area contributed by atoms with Crippen LogP contribution < -0.4 is 11.0 Å². The lowest BCUT2D eigenvalue weighted by Crippen LogP contribution is -2.99. The fourth-order valence-corrected chi connectivity index (χ4v) is 1.53. The number of aliphatic carboxylic acids is 2. The van der Waals surface area contributed by atoms with Crippen molar-refractivity contribution in [3.05, 3.63) is 35.0 Å². The molecule has 0 heterocycles. The molecule has 1 aromatic carbocycles. The number of hydrogen-bond donors (Lipinski definition) is 5. The number of ether oxygens (including phenoxy) is 2. The van der Waals surface area contributed by atoms with Gasteiger partial charge in [-0.05, 0) is 6.07 Å². The Morgan fingerprint density at radius 2 is 1.83 bits per heavy atom. The summed E-state index contributed by atoms with van der Waals surface area (Å²) in [5, 5.41) is 36.3. The van der Waals surface area contributed by atoms with Crippen LogP contribution in [0.5, 0.6) is 0 Å². The number of carbonyl (C=O) groups is 3. The van der Waals surface area contributed by atoms with Crippen molar-refractivity contribution in [3.63, 3.8) is 0 Å². The Balaban J connectivity index is 2.87. The van der Waals surface area contributed by atoms with Crippen LogP contribution in [0.2, 0.25) is 0 Å². The van der Waals surface area contributed by atoms with E-state index in [9.17, 15) is 19.6 Å². The molecule has 0 aliphatic carbocycles. The van der Waals surface area contributed by atoms with Crippen molar-refractivity contribution in [2.24, 2.45) is 5.73 Å². The molecule has 0 aliphatic heterocycles. The zero-order chi connectivity index (χ0) is 17.6. The summed E-state index contributed by atoms with van der Waals surface area (Å²) >= 11 is 0. The van der Waals surface area contributed by atoms with Gasteiger partial charge in [0.05, 0.1) is 5.56 Å². The Labute approximate surface area is 129 Å². The van der Waals surface area contributed by atoms with Crippen molar-refractivity contribution in [2.75, 3.05) is 6.61 Å². The van der Waals surface area contributed by atoms with Gasteiger partial charge < -0.3 is 30.6 Å². The highest BCUT2D eigenvalue weighted by Crippen LogP contribution is 2.24. The molecule has 11 nitrogen and oxygen atoms in total. The molecule has 3 atom stereocenters. The summed E-state index contributed by atoms with van der Waals surface area (Å²) in [6.07, 6.45) is -3.43. The number of para-hydroxylation sites is 1. The third kappa shape index (κ3) is 5.19. The minimum atomic E-state index is -1.93. The van der Waals surface area contributed by atoms with E-state index in [-0.39, 0.29) is 11.3 Å². The van der Waals surface area contributed by atoms with Crippen LogP contribution in [0, 0.1) is 5.21 Å². The van der Waals surface area contributed by atoms with Gasteiger partial charge >= 0.3 is 18.1 Å². The van der Waals surface area contributed by atoms with Crippen LogP contribution in [0.15, 0.2) is 24.3 Å². The van der Waals surface area contributed by atoms with Gasteiger partial charge in [0, 0.05) is 6.07 Å². The average Bonchev–Trinajstić information content (AvgIpc) is 2.49. The molecule has 126 valence electrons. The van der Waals surface area contributed by atoms with E-state index in [2.05, 4.69) is 9.47 Å². The summed E-state index contributed by atoms with van der Waals surface area (Å²) in [6, 6.07) is 3.54. The van der Waals surface area contributed by atoms with Gasteiger partial charge in [-0.25, -0.2) is 14.8 Å². The van der Waals surface area contributed by atoms with Crippen LogP contribution >= 0.6 is 0 Å². The SMILES string of the molecule is N[C@@H](COC(=O)OC(C(=O)O)c1ccccc1[NH+]([O-])O)C(=O)O. The van der Waals surface area contributed by atoms with Gasteiger partial charge in [0.15, 0.2) is 5.69 Å². The summed E-state index contributed by atoms with van der Waals surface area (Å²) in [6.45, 7) is -0.735. The first-order chi connectivity index (χ1) is 10.7. The molecule has 11 heteroatoms. The quantitative estimate of drug-likeness (QED) is 0.300. The maximum absolute atomic E-state index is 11.4. The number of rotatable bonds is 7. The molecule has 0 spiro atoms. The second-order valence-electron chi connectivity index (χ2n) is 4.23. The molecule has 0 aromatic heterocycles. The first-order valence-electron chi connectivity index (χ1n) is 6.10. The molecule has 0 radical (unpaired) electrons. The normalized spacial score (nSPS) is 14.4. The molecule has 23 heavy (non-hydrogen) atoms. The standard InChI is InChI=1S/C12H14N2O9/c13-7(10(15)16)5-22-12(19)23-9(11(17)18)6-3-1-2-4-8(6)14(20)21/h1-4,7,9,14,20H,5,13H2,(H,15,16)(H,17,18)/t7-,9?/m0/s1. The summed E-state index contributed by atoms with van der Waals surface area (Å²) < 4.78 is 8.94. The van der Waals surface area contributed by atoms with E-state index in [1.807, 2.05) is 0 Å². The first-order valence-corrected chi connectivity index (χ1v) is 6.10. The predicted octanol–water partition coefficient (Wildman–Crippen LogP) is -1.22. The van der Waals surface area contributed by atoms with Gasteiger partial charge in [0.1, 0.15) is 12.6 Å². The van der Waals surface area contributed by atoms with Crippen molar-refractivity contribution in [3.8, 4) is 0 Å². The van der Waals surface area contributed by atoms with E-state index >= 15 is 0 Å². The second-order valence-corrected chi connectivity index (χ2v) is 4.23. The van der Waals surface area contributed by atoms with Crippen LogP contribution in [0.4, 0.5) is 10.5 Å². The van der Waals surface area contributed by atoms with Gasteiger partial charge in [-0.2, -0.15) is 5.23 Å². The highest BCUT2D eigenvalue weighted by Gasteiger charge is 2.30. The van der Waals surface area contributed by atoms with Gasteiger partial charge in [-0.15, -0.1) is 0 Å². The molecular weight excluding hydrogens is 316 g/mol.